The van der Waals surface area contributed by atoms with Crippen molar-refractivity contribution in [3.05, 3.63) is 71.1 Å². The van der Waals surface area contributed by atoms with E-state index < -0.39 is 0 Å². The van der Waals surface area contributed by atoms with Crippen LogP contribution in [0.15, 0.2) is 54.4 Å². The Labute approximate surface area is 116 Å². The topological polar surface area (TPSA) is 12.9 Å². The second-order valence-corrected chi connectivity index (χ2v) is 4.90. The number of pyridine rings is 1. The van der Waals surface area contributed by atoms with E-state index >= 15 is 0 Å². The Balaban J connectivity index is 2.03. The average Bonchev–Trinajstić information content (AvgIpc) is 2.47. The fourth-order valence-corrected chi connectivity index (χ4v) is 2.20. The molecule has 1 heterocycles. The minimum Gasteiger partial charge on any atom is -0.264 e. The zero-order valence-corrected chi connectivity index (χ0v) is 11.8. The van der Waals surface area contributed by atoms with Crippen molar-refractivity contribution >= 4 is 6.08 Å². The van der Waals surface area contributed by atoms with Gasteiger partial charge in [0.15, 0.2) is 0 Å². The van der Waals surface area contributed by atoms with Crippen LogP contribution in [0.4, 0.5) is 0 Å². The molecule has 0 saturated carbocycles. The lowest BCUT2D eigenvalue weighted by Crippen LogP contribution is -1.90. The van der Waals surface area contributed by atoms with Crippen LogP contribution in [0.5, 0.6) is 0 Å². The van der Waals surface area contributed by atoms with Crippen LogP contribution in [-0.2, 0) is 12.8 Å². The molecule has 0 atom stereocenters. The molecule has 0 fully saturated rings. The van der Waals surface area contributed by atoms with E-state index in [1.165, 1.54) is 22.3 Å². The van der Waals surface area contributed by atoms with Gasteiger partial charge in [-0.2, -0.15) is 0 Å². The van der Waals surface area contributed by atoms with Crippen LogP contribution >= 0.6 is 0 Å². The molecule has 0 radical (unpaired) electrons. The minimum absolute atomic E-state index is 1.03. The van der Waals surface area contributed by atoms with E-state index in [2.05, 4.69) is 61.3 Å². The van der Waals surface area contributed by atoms with Crippen LogP contribution in [0.2, 0.25) is 0 Å². The molecule has 1 heteroatoms. The first kappa shape index (κ1) is 13.5. The van der Waals surface area contributed by atoms with Crippen molar-refractivity contribution in [1.29, 1.82) is 0 Å². The van der Waals surface area contributed by atoms with Gasteiger partial charge in [0, 0.05) is 12.4 Å². The predicted octanol–water partition coefficient (Wildman–Crippen LogP) is 4.68. The van der Waals surface area contributed by atoms with E-state index in [1.54, 1.807) is 0 Å². The maximum atomic E-state index is 4.19. The summed E-state index contributed by atoms with van der Waals surface area (Å²) in [6.45, 7) is 4.39. The molecule has 0 N–H and O–H groups in total. The fraction of sp³-hybridized carbons (Fsp3) is 0.278. The molecule has 0 saturated heterocycles. The molecule has 0 unspecified atom stereocenters. The van der Waals surface area contributed by atoms with Gasteiger partial charge in [-0.3, -0.25) is 4.98 Å². The van der Waals surface area contributed by atoms with Gasteiger partial charge in [0.25, 0.3) is 0 Å². The Hall–Kier alpha value is -1.89. The maximum Gasteiger partial charge on any atom is 0.0305 e. The van der Waals surface area contributed by atoms with Crippen molar-refractivity contribution in [2.75, 3.05) is 0 Å². The Bertz CT molecular complexity index is 541. The SMILES string of the molecule is CCc1cnccc1/C=C(/C)CCc1ccccc1. The second-order valence-electron chi connectivity index (χ2n) is 4.90. The van der Waals surface area contributed by atoms with Crippen molar-refractivity contribution in [2.24, 2.45) is 0 Å². The van der Waals surface area contributed by atoms with E-state index in [0.29, 0.717) is 0 Å². The van der Waals surface area contributed by atoms with Gasteiger partial charge in [-0.05, 0) is 48.9 Å². The van der Waals surface area contributed by atoms with Gasteiger partial charge in [-0.15, -0.1) is 0 Å². The summed E-state index contributed by atoms with van der Waals surface area (Å²) < 4.78 is 0. The quantitative estimate of drug-likeness (QED) is 0.752. The molecule has 0 aliphatic carbocycles. The molecule has 2 rings (SSSR count). The zero-order chi connectivity index (χ0) is 13.5. The lowest BCUT2D eigenvalue weighted by molar-refractivity contribution is 0.947. The van der Waals surface area contributed by atoms with Crippen LogP contribution in [-0.4, -0.2) is 4.98 Å². The van der Waals surface area contributed by atoms with Crippen LogP contribution in [0.25, 0.3) is 6.08 Å². The minimum atomic E-state index is 1.03. The molecule has 0 spiro atoms. The van der Waals surface area contributed by atoms with Crippen LogP contribution < -0.4 is 0 Å². The lowest BCUT2D eigenvalue weighted by atomic mass is 10.0. The maximum absolute atomic E-state index is 4.19. The molecule has 0 bridgehead atoms. The fourth-order valence-electron chi connectivity index (χ4n) is 2.20. The standard InChI is InChI=1S/C18H21N/c1-3-17-14-19-12-11-18(17)13-15(2)9-10-16-7-5-4-6-8-16/h4-8,11-14H,3,9-10H2,1-2H3/b15-13-. The van der Waals surface area contributed by atoms with E-state index in [4.69, 9.17) is 0 Å². The second kappa shape index (κ2) is 6.89. The first-order chi connectivity index (χ1) is 9.29. The molecule has 1 aromatic carbocycles. The summed E-state index contributed by atoms with van der Waals surface area (Å²) in [6.07, 6.45) is 9.38. The first-order valence-corrected chi connectivity index (χ1v) is 6.93. The van der Waals surface area contributed by atoms with Crippen LogP contribution in [0.1, 0.15) is 37.0 Å². The van der Waals surface area contributed by atoms with Gasteiger partial charge in [-0.1, -0.05) is 48.9 Å². The molecule has 98 valence electrons. The Morgan fingerprint density at radius 3 is 2.68 bits per heavy atom. The molecular weight excluding hydrogens is 230 g/mol. The summed E-state index contributed by atoms with van der Waals surface area (Å²) in [6, 6.07) is 12.8. The summed E-state index contributed by atoms with van der Waals surface area (Å²) >= 11 is 0. The number of benzene rings is 1. The predicted molar refractivity (Wildman–Crippen MR) is 82.0 cm³/mol. The molecule has 19 heavy (non-hydrogen) atoms. The van der Waals surface area contributed by atoms with Crippen molar-refractivity contribution in [3.8, 4) is 0 Å². The van der Waals surface area contributed by atoms with Crippen LogP contribution in [0, 0.1) is 0 Å². The Kier molecular flexibility index (Phi) is 4.91. The van der Waals surface area contributed by atoms with Crippen molar-refractivity contribution in [1.82, 2.24) is 4.98 Å². The Morgan fingerprint density at radius 2 is 1.95 bits per heavy atom. The summed E-state index contributed by atoms with van der Waals surface area (Å²) in [5.74, 6) is 0. The van der Waals surface area contributed by atoms with Gasteiger partial charge >= 0.3 is 0 Å². The van der Waals surface area contributed by atoms with Crippen LogP contribution in [0.3, 0.4) is 0 Å². The highest BCUT2D eigenvalue weighted by Crippen LogP contribution is 2.16. The highest BCUT2D eigenvalue weighted by atomic mass is 14.6. The summed E-state index contributed by atoms with van der Waals surface area (Å²) in [4.78, 5) is 4.19. The number of aryl methyl sites for hydroxylation is 2. The third kappa shape index (κ3) is 4.06. The largest absolute Gasteiger partial charge is 0.264 e. The van der Waals surface area contributed by atoms with Gasteiger partial charge in [-0.25, -0.2) is 0 Å². The first-order valence-electron chi connectivity index (χ1n) is 6.93. The Morgan fingerprint density at radius 1 is 1.16 bits per heavy atom. The number of hydrogen-bond acceptors (Lipinski definition) is 1. The van der Waals surface area contributed by atoms with E-state index in [1.807, 2.05) is 12.4 Å². The molecule has 0 amide bonds. The smallest absolute Gasteiger partial charge is 0.0305 e. The third-order valence-corrected chi connectivity index (χ3v) is 3.37. The highest BCUT2D eigenvalue weighted by Gasteiger charge is 1.99. The van der Waals surface area contributed by atoms with E-state index in [-0.39, 0.29) is 0 Å². The molecule has 1 aromatic heterocycles. The summed E-state index contributed by atoms with van der Waals surface area (Å²) in [7, 11) is 0. The van der Waals surface area contributed by atoms with Gasteiger partial charge < -0.3 is 0 Å². The number of aromatic nitrogens is 1. The van der Waals surface area contributed by atoms with Gasteiger partial charge in [0.05, 0.1) is 0 Å². The third-order valence-electron chi connectivity index (χ3n) is 3.37. The number of hydrogen-bond donors (Lipinski definition) is 0. The summed E-state index contributed by atoms with van der Waals surface area (Å²) in [5.41, 5.74) is 5.45. The van der Waals surface area contributed by atoms with Crippen molar-refractivity contribution < 1.29 is 0 Å². The number of nitrogens with zero attached hydrogens (tertiary/aromatic N) is 1. The van der Waals surface area contributed by atoms with Gasteiger partial charge in [0.1, 0.15) is 0 Å². The molecule has 0 aliphatic heterocycles. The molecular formula is C18H21N. The van der Waals surface area contributed by atoms with E-state index in [9.17, 15) is 0 Å². The monoisotopic (exact) mass is 251 g/mol. The number of rotatable bonds is 5. The van der Waals surface area contributed by atoms with Crippen molar-refractivity contribution in [3.63, 3.8) is 0 Å². The number of allylic oxidation sites excluding steroid dienone is 1. The zero-order valence-electron chi connectivity index (χ0n) is 11.8. The lowest BCUT2D eigenvalue weighted by Gasteiger charge is -2.05. The average molecular weight is 251 g/mol. The van der Waals surface area contributed by atoms with Gasteiger partial charge in [0.2, 0.25) is 0 Å². The molecule has 1 nitrogen and oxygen atoms in total. The van der Waals surface area contributed by atoms with E-state index in [0.717, 1.165) is 19.3 Å². The molecule has 2 aromatic rings. The highest BCUT2D eigenvalue weighted by molar-refractivity contribution is 5.55. The van der Waals surface area contributed by atoms with Crippen molar-refractivity contribution in [2.45, 2.75) is 33.1 Å². The normalized spacial score (nSPS) is 11.6. The molecule has 0 aliphatic rings. The summed E-state index contributed by atoms with van der Waals surface area (Å²) in [5, 5.41) is 0.